The number of ether oxygens (including phenoxy) is 3. The zero-order chi connectivity index (χ0) is 20.5. The van der Waals surface area contributed by atoms with E-state index in [1.807, 2.05) is 20.8 Å². The van der Waals surface area contributed by atoms with Gasteiger partial charge in [0, 0.05) is 5.92 Å². The third-order valence-corrected chi connectivity index (χ3v) is 5.09. The number of Topliss-reactive ketones (excluding diaryl/α,β-unsaturated/α-hetero) is 1. The maximum atomic E-state index is 13.2. The van der Waals surface area contributed by atoms with Gasteiger partial charge in [-0.2, -0.15) is 5.26 Å². The van der Waals surface area contributed by atoms with Gasteiger partial charge in [0.05, 0.1) is 49.6 Å². The molecule has 0 aliphatic carbocycles. The standard InChI is InChI=1S/C21H26N2O5/c1-21(2,3)28-20(25)23-15-8-14(9-16(23)12-27-11-15)19(24)17-7-13(10-22)5-6-18(17)26-4/h5-7,14-16H,8-9,11-12H2,1-4H3. The van der Waals surface area contributed by atoms with E-state index in [9.17, 15) is 9.59 Å². The minimum absolute atomic E-state index is 0.0605. The van der Waals surface area contributed by atoms with E-state index in [0.717, 1.165) is 0 Å². The minimum atomic E-state index is -0.579. The van der Waals surface area contributed by atoms with Crippen LogP contribution in [0.15, 0.2) is 18.2 Å². The molecule has 3 rings (SSSR count). The molecule has 7 nitrogen and oxygen atoms in total. The summed E-state index contributed by atoms with van der Waals surface area (Å²) in [6.45, 7) is 6.27. The lowest BCUT2D eigenvalue weighted by Gasteiger charge is -2.47. The molecule has 28 heavy (non-hydrogen) atoms. The lowest BCUT2D eigenvalue weighted by molar-refractivity contribution is -0.0861. The topological polar surface area (TPSA) is 88.9 Å². The zero-order valence-electron chi connectivity index (χ0n) is 16.7. The zero-order valence-corrected chi connectivity index (χ0v) is 16.7. The van der Waals surface area contributed by atoms with E-state index in [-0.39, 0.29) is 29.9 Å². The number of hydrogen-bond acceptors (Lipinski definition) is 6. The molecule has 2 heterocycles. The number of fused-ring (bicyclic) bond motifs is 2. The number of ketones is 1. The molecule has 2 bridgehead atoms. The molecule has 0 N–H and O–H groups in total. The molecule has 2 saturated heterocycles. The molecular weight excluding hydrogens is 360 g/mol. The minimum Gasteiger partial charge on any atom is -0.496 e. The number of piperidine rings is 1. The number of morpholine rings is 1. The van der Waals surface area contributed by atoms with Crippen LogP contribution in [-0.4, -0.2) is 54.8 Å². The largest absolute Gasteiger partial charge is 0.496 e. The fraction of sp³-hybridized carbons (Fsp3) is 0.571. The summed E-state index contributed by atoms with van der Waals surface area (Å²) >= 11 is 0. The highest BCUT2D eigenvalue weighted by atomic mass is 16.6. The first kappa shape index (κ1) is 20.2. The first-order valence-electron chi connectivity index (χ1n) is 9.45. The van der Waals surface area contributed by atoms with Crippen molar-refractivity contribution in [2.75, 3.05) is 20.3 Å². The van der Waals surface area contributed by atoms with Crippen LogP contribution in [0.4, 0.5) is 4.79 Å². The molecule has 0 spiro atoms. The second-order valence-corrected chi connectivity index (χ2v) is 8.29. The van der Waals surface area contributed by atoms with Crippen LogP contribution in [0.5, 0.6) is 5.75 Å². The van der Waals surface area contributed by atoms with Gasteiger partial charge in [-0.05, 0) is 51.8 Å². The monoisotopic (exact) mass is 386 g/mol. The molecule has 7 heteroatoms. The van der Waals surface area contributed by atoms with Gasteiger partial charge < -0.3 is 14.2 Å². The van der Waals surface area contributed by atoms with Gasteiger partial charge in [0.15, 0.2) is 5.78 Å². The molecule has 2 aliphatic heterocycles. The predicted molar refractivity (Wildman–Crippen MR) is 101 cm³/mol. The lowest BCUT2D eigenvalue weighted by atomic mass is 9.80. The molecular formula is C21H26N2O5. The van der Waals surface area contributed by atoms with Crippen LogP contribution in [0.3, 0.4) is 0 Å². The van der Waals surface area contributed by atoms with Gasteiger partial charge in [0.1, 0.15) is 11.4 Å². The van der Waals surface area contributed by atoms with E-state index in [1.54, 1.807) is 23.1 Å². The highest BCUT2D eigenvalue weighted by Crippen LogP contribution is 2.36. The number of methoxy groups -OCH3 is 1. The predicted octanol–water partition coefficient (Wildman–Crippen LogP) is 3.16. The summed E-state index contributed by atoms with van der Waals surface area (Å²) in [4.78, 5) is 27.6. The maximum absolute atomic E-state index is 13.2. The SMILES string of the molecule is COc1ccc(C#N)cc1C(=O)C1CC2COCC(C1)N2C(=O)OC(C)(C)C. The Morgan fingerprint density at radius 1 is 1.21 bits per heavy atom. The molecule has 0 radical (unpaired) electrons. The lowest BCUT2D eigenvalue weighted by Crippen LogP contribution is -2.60. The summed E-state index contributed by atoms with van der Waals surface area (Å²) in [5.74, 6) is 0.134. The van der Waals surface area contributed by atoms with Gasteiger partial charge in [-0.1, -0.05) is 0 Å². The molecule has 2 fully saturated rings. The first-order valence-corrected chi connectivity index (χ1v) is 9.45. The summed E-state index contributed by atoms with van der Waals surface area (Å²) in [6, 6.07) is 6.50. The average molecular weight is 386 g/mol. The normalized spacial score (nSPS) is 24.2. The maximum Gasteiger partial charge on any atom is 0.410 e. The Morgan fingerprint density at radius 3 is 2.39 bits per heavy atom. The van der Waals surface area contributed by atoms with Gasteiger partial charge in [0.2, 0.25) is 0 Å². The van der Waals surface area contributed by atoms with Crippen molar-refractivity contribution in [2.45, 2.75) is 51.3 Å². The molecule has 150 valence electrons. The highest BCUT2D eigenvalue weighted by molar-refractivity contribution is 6.00. The van der Waals surface area contributed by atoms with Crippen molar-refractivity contribution in [1.29, 1.82) is 5.26 Å². The first-order chi connectivity index (χ1) is 13.2. The van der Waals surface area contributed by atoms with E-state index < -0.39 is 5.60 Å². The van der Waals surface area contributed by atoms with Crippen molar-refractivity contribution in [3.05, 3.63) is 29.3 Å². The highest BCUT2D eigenvalue weighted by Gasteiger charge is 2.45. The number of nitrogens with zero attached hydrogens (tertiary/aromatic N) is 2. The Kier molecular flexibility index (Phi) is 5.61. The van der Waals surface area contributed by atoms with Crippen molar-refractivity contribution < 1.29 is 23.8 Å². The van der Waals surface area contributed by atoms with E-state index in [0.29, 0.717) is 42.9 Å². The van der Waals surface area contributed by atoms with Gasteiger partial charge in [-0.15, -0.1) is 0 Å². The van der Waals surface area contributed by atoms with Crippen LogP contribution in [0.1, 0.15) is 49.5 Å². The second kappa shape index (κ2) is 7.80. The van der Waals surface area contributed by atoms with Crippen LogP contribution in [0, 0.1) is 17.2 Å². The number of benzene rings is 1. The number of carbonyl (C=O) groups is 2. The van der Waals surface area contributed by atoms with E-state index in [1.165, 1.54) is 7.11 Å². The Hall–Kier alpha value is -2.59. The Labute approximate surface area is 165 Å². The average Bonchev–Trinajstić information content (AvgIpc) is 2.64. The van der Waals surface area contributed by atoms with E-state index in [2.05, 4.69) is 6.07 Å². The quantitative estimate of drug-likeness (QED) is 0.742. The summed E-state index contributed by atoms with van der Waals surface area (Å²) < 4.78 is 16.5. The summed E-state index contributed by atoms with van der Waals surface area (Å²) in [5, 5.41) is 9.16. The van der Waals surface area contributed by atoms with Crippen LogP contribution in [0.25, 0.3) is 0 Å². The Morgan fingerprint density at radius 2 is 1.86 bits per heavy atom. The summed E-state index contributed by atoms with van der Waals surface area (Å²) in [5.41, 5.74) is 0.249. The van der Waals surface area contributed by atoms with Crippen LogP contribution in [0.2, 0.25) is 0 Å². The van der Waals surface area contributed by atoms with Crippen LogP contribution < -0.4 is 4.74 Å². The molecule has 0 saturated carbocycles. The molecule has 1 aromatic rings. The number of amides is 1. The molecule has 2 unspecified atom stereocenters. The summed E-state index contributed by atoms with van der Waals surface area (Å²) in [7, 11) is 1.51. The Bertz CT molecular complexity index is 794. The van der Waals surface area contributed by atoms with Crippen molar-refractivity contribution in [3.63, 3.8) is 0 Å². The van der Waals surface area contributed by atoms with Gasteiger partial charge in [-0.3, -0.25) is 9.69 Å². The van der Waals surface area contributed by atoms with Gasteiger partial charge >= 0.3 is 6.09 Å². The van der Waals surface area contributed by atoms with Crippen molar-refractivity contribution in [1.82, 2.24) is 4.90 Å². The van der Waals surface area contributed by atoms with Crippen LogP contribution in [-0.2, 0) is 9.47 Å². The molecule has 1 amide bonds. The fourth-order valence-corrected chi connectivity index (χ4v) is 3.93. The molecule has 2 aliphatic rings. The van der Waals surface area contributed by atoms with Gasteiger partial charge in [0.25, 0.3) is 0 Å². The third-order valence-electron chi connectivity index (χ3n) is 5.09. The number of hydrogen-bond donors (Lipinski definition) is 0. The number of carbonyl (C=O) groups excluding carboxylic acids is 2. The number of rotatable bonds is 3. The van der Waals surface area contributed by atoms with Crippen molar-refractivity contribution in [3.8, 4) is 11.8 Å². The molecule has 0 aromatic heterocycles. The second-order valence-electron chi connectivity index (χ2n) is 8.29. The molecule has 2 atom stereocenters. The summed E-state index contributed by atoms with van der Waals surface area (Å²) in [6.07, 6.45) is 0.629. The van der Waals surface area contributed by atoms with Crippen molar-refractivity contribution >= 4 is 11.9 Å². The van der Waals surface area contributed by atoms with E-state index in [4.69, 9.17) is 19.5 Å². The van der Waals surface area contributed by atoms with Crippen molar-refractivity contribution in [2.24, 2.45) is 5.92 Å². The third kappa shape index (κ3) is 4.12. The van der Waals surface area contributed by atoms with Crippen LogP contribution >= 0.6 is 0 Å². The smallest absolute Gasteiger partial charge is 0.410 e. The number of nitriles is 1. The molecule has 1 aromatic carbocycles. The van der Waals surface area contributed by atoms with E-state index >= 15 is 0 Å². The Balaban J connectivity index is 1.81. The van der Waals surface area contributed by atoms with Gasteiger partial charge in [-0.25, -0.2) is 4.79 Å². The fourth-order valence-electron chi connectivity index (χ4n) is 3.93.